The maximum absolute atomic E-state index is 10.1. The van der Waals surface area contributed by atoms with Crippen LogP contribution in [0, 0.1) is 0 Å². The van der Waals surface area contributed by atoms with Crippen LogP contribution in [0.5, 0.6) is 0 Å². The van der Waals surface area contributed by atoms with Gasteiger partial charge >= 0.3 is 0 Å². The molecule has 7 heavy (non-hydrogen) atoms. The molecule has 0 aliphatic carbocycles. The van der Waals surface area contributed by atoms with Crippen LogP contribution in [0.4, 0.5) is 0 Å². The molecule has 2 heteroatoms. The number of hydrogen-bond acceptors (Lipinski definition) is 1. The molecule has 0 atom stereocenters. The third-order valence-corrected chi connectivity index (χ3v) is 0.673. The third-order valence-electron chi connectivity index (χ3n) is 0.494. The van der Waals surface area contributed by atoms with Crippen molar-refractivity contribution in [3.8, 4) is 0 Å². The molecule has 0 fully saturated rings. The largest absolute Gasteiger partial charge is 0.300 e. The van der Waals surface area contributed by atoms with Gasteiger partial charge in [0.2, 0.25) is 0 Å². The quantitative estimate of drug-likeness (QED) is 0.540. The van der Waals surface area contributed by atoms with Crippen molar-refractivity contribution in [3.63, 3.8) is 0 Å². The van der Waals surface area contributed by atoms with Gasteiger partial charge < -0.3 is 0 Å². The van der Waals surface area contributed by atoms with Crippen molar-refractivity contribution < 1.29 is 4.79 Å². The van der Waals surface area contributed by atoms with E-state index in [0.717, 1.165) is 0 Å². The molecule has 0 aromatic carbocycles. The molecule has 0 unspecified atom stereocenters. The van der Waals surface area contributed by atoms with Crippen LogP contribution in [-0.4, -0.2) is 5.78 Å². The predicted octanol–water partition coefficient (Wildman–Crippen LogP) is 1.72. The number of allylic oxidation sites excluding steroid dienone is 1. The SMILES string of the molecule is CC(=O)CC=CCl. The highest BCUT2D eigenvalue weighted by Crippen LogP contribution is 1.85. The summed E-state index contributed by atoms with van der Waals surface area (Å²) >= 11 is 5.11. The predicted molar refractivity (Wildman–Crippen MR) is 30.3 cm³/mol. The minimum absolute atomic E-state index is 0.136. The van der Waals surface area contributed by atoms with E-state index in [9.17, 15) is 4.79 Å². The van der Waals surface area contributed by atoms with Crippen molar-refractivity contribution in [2.24, 2.45) is 0 Å². The second kappa shape index (κ2) is 3.88. The van der Waals surface area contributed by atoms with E-state index in [2.05, 4.69) is 0 Å². The topological polar surface area (TPSA) is 17.1 Å². The van der Waals surface area contributed by atoms with Gasteiger partial charge in [-0.15, -0.1) is 0 Å². The first-order valence-corrected chi connectivity index (χ1v) is 2.45. The summed E-state index contributed by atoms with van der Waals surface area (Å²) in [7, 11) is 0. The molecule has 0 saturated carbocycles. The summed E-state index contributed by atoms with van der Waals surface area (Å²) in [4.78, 5) is 10.1. The summed E-state index contributed by atoms with van der Waals surface area (Å²) in [5.41, 5.74) is 1.35. The van der Waals surface area contributed by atoms with Crippen LogP contribution >= 0.6 is 11.6 Å². The summed E-state index contributed by atoms with van der Waals surface area (Å²) in [6.07, 6.45) is 2.06. The maximum atomic E-state index is 10.1. The standard InChI is InChI=1S/C5H7ClO/c1-5(7)3-2-4-6/h2,4H,3H2,1H3. The van der Waals surface area contributed by atoms with E-state index in [0.29, 0.717) is 6.42 Å². The van der Waals surface area contributed by atoms with Gasteiger partial charge in [-0.05, 0) is 6.92 Å². The number of halogens is 1. The van der Waals surface area contributed by atoms with Crippen LogP contribution in [0.15, 0.2) is 11.6 Å². The van der Waals surface area contributed by atoms with E-state index < -0.39 is 0 Å². The summed E-state index contributed by atoms with van der Waals surface area (Å²) < 4.78 is 0. The van der Waals surface area contributed by atoms with Crippen molar-refractivity contribution >= 4 is 17.4 Å². The van der Waals surface area contributed by atoms with Gasteiger partial charge in [-0.1, -0.05) is 17.7 Å². The summed E-state index contributed by atoms with van der Waals surface area (Å²) in [6.45, 7) is 1.52. The Morgan fingerprint density at radius 2 is 2.43 bits per heavy atom. The van der Waals surface area contributed by atoms with Crippen LogP contribution in [0.1, 0.15) is 13.3 Å². The molecule has 0 saturated heterocycles. The molecule has 0 N–H and O–H groups in total. The van der Waals surface area contributed by atoms with Gasteiger partial charge in [0, 0.05) is 12.0 Å². The number of hydrogen-bond donors (Lipinski definition) is 0. The number of Topliss-reactive ketones (excluding diaryl/α,β-unsaturated/α-hetero) is 1. The highest BCUT2D eigenvalue weighted by molar-refractivity contribution is 6.25. The maximum Gasteiger partial charge on any atom is 0.133 e. The Balaban J connectivity index is 3.14. The Kier molecular flexibility index (Phi) is 3.71. The van der Waals surface area contributed by atoms with E-state index in [1.54, 1.807) is 6.08 Å². The average Bonchev–Trinajstić information content (AvgIpc) is 1.61. The van der Waals surface area contributed by atoms with E-state index in [-0.39, 0.29) is 5.78 Å². The minimum atomic E-state index is 0.136. The fraction of sp³-hybridized carbons (Fsp3) is 0.400. The lowest BCUT2D eigenvalue weighted by Gasteiger charge is -1.77. The second-order valence-electron chi connectivity index (χ2n) is 1.27. The average molecular weight is 119 g/mol. The fourth-order valence-electron chi connectivity index (χ4n) is 0.211. The molecule has 0 radical (unpaired) electrons. The second-order valence-corrected chi connectivity index (χ2v) is 1.52. The first kappa shape index (κ1) is 6.70. The number of carbonyl (C=O) groups is 1. The van der Waals surface area contributed by atoms with Crippen molar-refractivity contribution in [1.82, 2.24) is 0 Å². The minimum Gasteiger partial charge on any atom is -0.300 e. The normalized spacial score (nSPS) is 10.0. The molecule has 40 valence electrons. The lowest BCUT2D eigenvalue weighted by molar-refractivity contribution is -0.116. The van der Waals surface area contributed by atoms with Gasteiger partial charge in [0.1, 0.15) is 5.78 Å². The van der Waals surface area contributed by atoms with E-state index in [1.807, 2.05) is 0 Å². The first-order chi connectivity index (χ1) is 3.27. The molecule has 0 aromatic heterocycles. The van der Waals surface area contributed by atoms with Gasteiger partial charge in [0.15, 0.2) is 0 Å². The fourth-order valence-corrected chi connectivity index (χ4v) is 0.300. The van der Waals surface area contributed by atoms with Crippen LogP contribution in [-0.2, 0) is 4.79 Å². The zero-order chi connectivity index (χ0) is 5.70. The van der Waals surface area contributed by atoms with Gasteiger partial charge in [0.05, 0.1) is 0 Å². The van der Waals surface area contributed by atoms with Gasteiger partial charge in [-0.2, -0.15) is 0 Å². The molecule has 0 aliphatic rings. The van der Waals surface area contributed by atoms with Gasteiger partial charge in [-0.3, -0.25) is 4.79 Å². The Morgan fingerprint density at radius 1 is 1.86 bits per heavy atom. The summed E-state index contributed by atoms with van der Waals surface area (Å²) in [6, 6.07) is 0. The molecule has 1 nitrogen and oxygen atoms in total. The van der Waals surface area contributed by atoms with Crippen molar-refractivity contribution in [2.45, 2.75) is 13.3 Å². The monoisotopic (exact) mass is 118 g/mol. The molecule has 0 amide bonds. The van der Waals surface area contributed by atoms with Crippen molar-refractivity contribution in [1.29, 1.82) is 0 Å². The molecule has 0 bridgehead atoms. The summed E-state index contributed by atoms with van der Waals surface area (Å²) in [5.74, 6) is 0.136. The van der Waals surface area contributed by atoms with Crippen LogP contribution in [0.25, 0.3) is 0 Å². The molecule has 0 rings (SSSR count). The highest BCUT2D eigenvalue weighted by atomic mass is 35.5. The zero-order valence-corrected chi connectivity index (χ0v) is 4.90. The Morgan fingerprint density at radius 3 is 2.57 bits per heavy atom. The van der Waals surface area contributed by atoms with E-state index in [1.165, 1.54) is 12.5 Å². The first-order valence-electron chi connectivity index (χ1n) is 2.02. The lowest BCUT2D eigenvalue weighted by atomic mass is 10.3. The molecular weight excluding hydrogens is 112 g/mol. The molecular formula is C5H7ClO. The van der Waals surface area contributed by atoms with Crippen molar-refractivity contribution in [3.05, 3.63) is 11.6 Å². The molecule has 0 aromatic rings. The smallest absolute Gasteiger partial charge is 0.133 e. The van der Waals surface area contributed by atoms with Gasteiger partial charge in [-0.25, -0.2) is 0 Å². The Bertz CT molecular complexity index is 86.1. The number of carbonyl (C=O) groups excluding carboxylic acids is 1. The van der Waals surface area contributed by atoms with Crippen LogP contribution < -0.4 is 0 Å². The van der Waals surface area contributed by atoms with Crippen molar-refractivity contribution in [2.75, 3.05) is 0 Å². The van der Waals surface area contributed by atoms with Crippen LogP contribution in [0.3, 0.4) is 0 Å². The summed E-state index contributed by atoms with van der Waals surface area (Å²) in [5, 5.41) is 0. The lowest BCUT2D eigenvalue weighted by Crippen LogP contribution is -1.82. The van der Waals surface area contributed by atoms with E-state index in [4.69, 9.17) is 11.6 Å². The Hall–Kier alpha value is -0.300. The molecule has 0 heterocycles. The zero-order valence-electron chi connectivity index (χ0n) is 4.15. The molecule has 0 aliphatic heterocycles. The van der Waals surface area contributed by atoms with Gasteiger partial charge in [0.25, 0.3) is 0 Å². The van der Waals surface area contributed by atoms with Crippen LogP contribution in [0.2, 0.25) is 0 Å². The number of rotatable bonds is 2. The third kappa shape index (κ3) is 5.70. The Labute approximate surface area is 48.0 Å². The number of ketones is 1. The van der Waals surface area contributed by atoms with E-state index >= 15 is 0 Å². The molecule has 0 spiro atoms. The highest BCUT2D eigenvalue weighted by Gasteiger charge is 1.82.